The van der Waals surface area contributed by atoms with Gasteiger partial charge in [-0.1, -0.05) is 0 Å². The van der Waals surface area contributed by atoms with Crippen molar-refractivity contribution in [2.45, 2.75) is 23.7 Å². The minimum atomic E-state index is -3.59. The van der Waals surface area contributed by atoms with Crippen molar-refractivity contribution in [1.82, 2.24) is 19.1 Å². The summed E-state index contributed by atoms with van der Waals surface area (Å²) in [4.78, 5) is 10.7. The minimum absolute atomic E-state index is 0.164. The second kappa shape index (κ2) is 7.42. The number of carbonyl (C=O) groups is 1. The summed E-state index contributed by atoms with van der Waals surface area (Å²) in [5.74, 6) is 0.294. The van der Waals surface area contributed by atoms with Crippen LogP contribution >= 0.6 is 0 Å². The topological polar surface area (TPSA) is 115 Å². The first kappa shape index (κ1) is 18.3. The zero-order valence-electron chi connectivity index (χ0n) is 14.3. The third kappa shape index (κ3) is 3.86. The summed E-state index contributed by atoms with van der Waals surface area (Å²) in [6, 6.07) is 5.78. The quantitative estimate of drug-likeness (QED) is 0.790. The zero-order chi connectivity index (χ0) is 18.7. The van der Waals surface area contributed by atoms with Crippen LogP contribution in [0, 0.1) is 0 Å². The molecule has 140 valence electrons. The molecule has 1 fully saturated rings. The van der Waals surface area contributed by atoms with E-state index in [1.807, 2.05) is 11.6 Å². The SMILES string of the molecule is Cn1cnnc1C1CCN(S(=O)(=O)c2ccc(OCC(=O)O)cc2)CC1. The number of hydrogen-bond acceptors (Lipinski definition) is 6. The molecule has 26 heavy (non-hydrogen) atoms. The van der Waals surface area contributed by atoms with E-state index in [0.29, 0.717) is 31.7 Å². The fraction of sp³-hybridized carbons (Fsp3) is 0.438. The first-order chi connectivity index (χ1) is 12.4. The van der Waals surface area contributed by atoms with Crippen molar-refractivity contribution in [3.63, 3.8) is 0 Å². The Bertz CT molecular complexity index is 870. The first-order valence-corrected chi connectivity index (χ1v) is 9.60. The monoisotopic (exact) mass is 380 g/mol. The number of ether oxygens (including phenoxy) is 1. The Morgan fingerprint density at radius 1 is 1.27 bits per heavy atom. The molecular weight excluding hydrogens is 360 g/mol. The maximum absolute atomic E-state index is 12.8. The summed E-state index contributed by atoms with van der Waals surface area (Å²) < 4.78 is 33.9. The average Bonchev–Trinajstić information content (AvgIpc) is 3.06. The van der Waals surface area contributed by atoms with Crippen molar-refractivity contribution in [3.05, 3.63) is 36.4 Å². The largest absolute Gasteiger partial charge is 0.482 e. The van der Waals surface area contributed by atoms with Crippen LogP contribution < -0.4 is 4.74 Å². The number of aromatic nitrogens is 3. The lowest BCUT2D eigenvalue weighted by molar-refractivity contribution is -0.139. The third-order valence-corrected chi connectivity index (χ3v) is 6.30. The number of benzene rings is 1. The molecular formula is C16H20N4O5S. The highest BCUT2D eigenvalue weighted by Crippen LogP contribution is 2.29. The van der Waals surface area contributed by atoms with Crippen LogP contribution in [0.1, 0.15) is 24.6 Å². The van der Waals surface area contributed by atoms with Crippen molar-refractivity contribution >= 4 is 16.0 Å². The molecule has 10 heteroatoms. The molecule has 1 N–H and O–H groups in total. The van der Waals surface area contributed by atoms with E-state index in [0.717, 1.165) is 5.82 Å². The molecule has 0 saturated carbocycles. The van der Waals surface area contributed by atoms with E-state index in [2.05, 4.69) is 10.2 Å². The Morgan fingerprint density at radius 3 is 2.46 bits per heavy atom. The van der Waals surface area contributed by atoms with Gasteiger partial charge >= 0.3 is 5.97 Å². The van der Waals surface area contributed by atoms with Crippen LogP contribution in [0.15, 0.2) is 35.5 Å². The lowest BCUT2D eigenvalue weighted by atomic mass is 9.97. The molecule has 0 bridgehead atoms. The Kier molecular flexibility index (Phi) is 5.23. The molecule has 0 unspecified atom stereocenters. The summed E-state index contributed by atoms with van der Waals surface area (Å²) in [5.41, 5.74) is 0. The molecule has 0 spiro atoms. The molecule has 1 aliphatic heterocycles. The van der Waals surface area contributed by atoms with Gasteiger partial charge in [-0.2, -0.15) is 4.31 Å². The molecule has 1 saturated heterocycles. The van der Waals surface area contributed by atoms with Crippen molar-refractivity contribution in [2.75, 3.05) is 19.7 Å². The van der Waals surface area contributed by atoms with E-state index in [1.54, 1.807) is 6.33 Å². The van der Waals surface area contributed by atoms with Gasteiger partial charge in [0.25, 0.3) is 0 Å². The number of aliphatic carboxylic acids is 1. The van der Waals surface area contributed by atoms with E-state index >= 15 is 0 Å². The van der Waals surface area contributed by atoms with Crippen molar-refractivity contribution in [3.8, 4) is 5.75 Å². The molecule has 2 heterocycles. The van der Waals surface area contributed by atoms with Gasteiger partial charge in [0.1, 0.15) is 17.9 Å². The summed E-state index contributed by atoms with van der Waals surface area (Å²) in [5, 5.41) is 16.6. The van der Waals surface area contributed by atoms with Crippen LogP contribution in [-0.4, -0.2) is 58.3 Å². The van der Waals surface area contributed by atoms with Crippen LogP contribution in [-0.2, 0) is 21.9 Å². The fourth-order valence-corrected chi connectivity index (χ4v) is 4.49. The molecule has 0 radical (unpaired) electrons. The number of carboxylic acid groups (broad SMARTS) is 1. The predicted octanol–water partition coefficient (Wildman–Crippen LogP) is 0.847. The van der Waals surface area contributed by atoms with Crippen molar-refractivity contribution in [2.24, 2.45) is 7.05 Å². The van der Waals surface area contributed by atoms with E-state index < -0.39 is 22.6 Å². The number of carboxylic acids is 1. The summed E-state index contributed by atoms with van der Waals surface area (Å²) in [6.45, 7) is 0.357. The summed E-state index contributed by atoms with van der Waals surface area (Å²) in [6.07, 6.45) is 3.02. The number of aryl methyl sites for hydroxylation is 1. The number of hydrogen-bond donors (Lipinski definition) is 1. The summed E-state index contributed by atoms with van der Waals surface area (Å²) in [7, 11) is -1.71. The molecule has 0 atom stereocenters. The smallest absolute Gasteiger partial charge is 0.341 e. The van der Waals surface area contributed by atoms with Crippen LogP contribution in [0.4, 0.5) is 0 Å². The molecule has 0 aliphatic carbocycles. The van der Waals surface area contributed by atoms with Crippen LogP contribution in [0.2, 0.25) is 0 Å². The van der Waals surface area contributed by atoms with Gasteiger partial charge in [0, 0.05) is 26.1 Å². The second-order valence-electron chi connectivity index (χ2n) is 6.13. The highest BCUT2D eigenvalue weighted by molar-refractivity contribution is 7.89. The molecule has 1 aliphatic rings. The Labute approximate surface area is 151 Å². The fourth-order valence-electron chi connectivity index (χ4n) is 3.02. The number of rotatable bonds is 6. The van der Waals surface area contributed by atoms with Crippen molar-refractivity contribution in [1.29, 1.82) is 0 Å². The third-order valence-electron chi connectivity index (χ3n) is 4.39. The van der Waals surface area contributed by atoms with E-state index in [-0.39, 0.29) is 10.8 Å². The van der Waals surface area contributed by atoms with E-state index in [1.165, 1.54) is 28.6 Å². The lowest BCUT2D eigenvalue weighted by Gasteiger charge is -2.30. The Morgan fingerprint density at radius 2 is 1.92 bits per heavy atom. The Balaban J connectivity index is 1.65. The molecule has 1 aromatic heterocycles. The molecule has 0 amide bonds. The van der Waals surface area contributed by atoms with Gasteiger partial charge in [-0.15, -0.1) is 10.2 Å². The van der Waals surface area contributed by atoms with Gasteiger partial charge in [-0.25, -0.2) is 13.2 Å². The Hall–Kier alpha value is -2.46. The molecule has 1 aromatic carbocycles. The normalized spacial score (nSPS) is 16.5. The zero-order valence-corrected chi connectivity index (χ0v) is 15.1. The average molecular weight is 380 g/mol. The highest BCUT2D eigenvalue weighted by Gasteiger charge is 2.31. The highest BCUT2D eigenvalue weighted by atomic mass is 32.2. The van der Waals surface area contributed by atoms with Gasteiger partial charge in [0.05, 0.1) is 4.90 Å². The predicted molar refractivity (Wildman–Crippen MR) is 91.3 cm³/mol. The lowest BCUT2D eigenvalue weighted by Crippen LogP contribution is -2.38. The van der Waals surface area contributed by atoms with Crippen LogP contribution in [0.3, 0.4) is 0 Å². The van der Waals surface area contributed by atoms with Crippen molar-refractivity contribution < 1.29 is 23.1 Å². The second-order valence-corrected chi connectivity index (χ2v) is 8.07. The van der Waals surface area contributed by atoms with Gasteiger partial charge in [-0.3, -0.25) is 0 Å². The van der Waals surface area contributed by atoms with E-state index in [9.17, 15) is 13.2 Å². The van der Waals surface area contributed by atoms with Gasteiger partial charge in [0.2, 0.25) is 10.0 Å². The number of sulfonamides is 1. The maximum atomic E-state index is 12.8. The molecule has 2 aromatic rings. The minimum Gasteiger partial charge on any atom is -0.482 e. The van der Waals surface area contributed by atoms with Gasteiger partial charge in [0.15, 0.2) is 6.61 Å². The van der Waals surface area contributed by atoms with Crippen LogP contribution in [0.25, 0.3) is 0 Å². The first-order valence-electron chi connectivity index (χ1n) is 8.16. The van der Waals surface area contributed by atoms with Crippen LogP contribution in [0.5, 0.6) is 5.75 Å². The number of nitrogens with zero attached hydrogens (tertiary/aromatic N) is 4. The molecule has 3 rings (SSSR count). The summed E-state index contributed by atoms with van der Waals surface area (Å²) >= 11 is 0. The maximum Gasteiger partial charge on any atom is 0.341 e. The van der Waals surface area contributed by atoms with E-state index in [4.69, 9.17) is 9.84 Å². The van der Waals surface area contributed by atoms with Gasteiger partial charge in [-0.05, 0) is 37.1 Å². The standard InChI is InChI=1S/C16H20N4O5S/c1-19-11-17-18-16(19)12-6-8-20(9-7-12)26(23,24)14-4-2-13(3-5-14)25-10-15(21)22/h2-5,11-12H,6-10H2,1H3,(H,21,22). The number of piperidine rings is 1. The van der Waals surface area contributed by atoms with Gasteiger partial charge < -0.3 is 14.4 Å². The molecule has 9 nitrogen and oxygen atoms in total.